The largest absolute Gasteiger partial charge is 0.444 e. The second kappa shape index (κ2) is 6.54. The maximum Gasteiger partial charge on any atom is 0.410 e. The van der Waals surface area contributed by atoms with Crippen molar-refractivity contribution in [2.24, 2.45) is 0 Å². The summed E-state index contributed by atoms with van der Waals surface area (Å²) in [4.78, 5) is 15.3. The third kappa shape index (κ3) is 4.97. The van der Waals surface area contributed by atoms with Crippen LogP contribution in [0.4, 0.5) is 4.79 Å². The first-order chi connectivity index (χ1) is 8.74. The average molecular weight is 274 g/mol. The van der Waals surface area contributed by atoms with Crippen LogP contribution < -0.4 is 0 Å². The summed E-state index contributed by atoms with van der Waals surface area (Å²) in [5.41, 5.74) is -0.480. The van der Waals surface area contributed by atoms with Gasteiger partial charge in [-0.2, -0.15) is 0 Å². The molecule has 0 aromatic carbocycles. The van der Waals surface area contributed by atoms with Crippen LogP contribution >= 0.6 is 0 Å². The van der Waals surface area contributed by atoms with E-state index < -0.39 is 12.0 Å². The summed E-state index contributed by atoms with van der Waals surface area (Å²) in [6, 6.07) is 0.0917. The van der Waals surface area contributed by atoms with Gasteiger partial charge in [-0.05, 0) is 41.2 Å². The van der Waals surface area contributed by atoms with Gasteiger partial charge in [-0.25, -0.2) is 4.79 Å². The number of amides is 1. The maximum atomic E-state index is 11.9. The molecule has 1 amide bonds. The molecule has 1 unspecified atom stereocenters. The predicted molar refractivity (Wildman–Crippen MR) is 71.6 cm³/mol. The van der Waals surface area contributed by atoms with Gasteiger partial charge < -0.3 is 19.5 Å². The van der Waals surface area contributed by atoms with E-state index in [2.05, 4.69) is 0 Å². The van der Waals surface area contributed by atoms with Gasteiger partial charge in [0.25, 0.3) is 0 Å². The topological polar surface area (TPSA) is 62.2 Å². The van der Waals surface area contributed by atoms with Crippen molar-refractivity contribution < 1.29 is 19.4 Å². The first-order valence-electron chi connectivity index (χ1n) is 6.74. The SMILES string of the molecule is CCOC(O)N(C)[C@@H]1CCN(C(=O)OC(C)(C)C)C1. The first-order valence-corrected chi connectivity index (χ1v) is 6.74. The number of likely N-dealkylation sites (N-methyl/N-ethyl adjacent to an activating group) is 1. The van der Waals surface area contributed by atoms with E-state index in [0.717, 1.165) is 6.42 Å². The molecule has 1 heterocycles. The van der Waals surface area contributed by atoms with Crippen LogP contribution in [0.2, 0.25) is 0 Å². The van der Waals surface area contributed by atoms with Gasteiger partial charge in [-0.15, -0.1) is 0 Å². The minimum absolute atomic E-state index is 0.0917. The van der Waals surface area contributed by atoms with Crippen LogP contribution in [0.1, 0.15) is 34.1 Å². The summed E-state index contributed by atoms with van der Waals surface area (Å²) in [6.07, 6.45) is -0.414. The van der Waals surface area contributed by atoms with Crippen LogP contribution in [0.25, 0.3) is 0 Å². The van der Waals surface area contributed by atoms with E-state index in [1.165, 1.54) is 0 Å². The second-order valence-corrected chi connectivity index (χ2v) is 5.82. The van der Waals surface area contributed by atoms with Crippen LogP contribution in [-0.4, -0.2) is 65.8 Å². The quantitative estimate of drug-likeness (QED) is 0.782. The summed E-state index contributed by atoms with van der Waals surface area (Å²) in [6.45, 7) is 9.03. The fourth-order valence-corrected chi connectivity index (χ4v) is 2.01. The van der Waals surface area contributed by atoms with Crippen molar-refractivity contribution in [1.82, 2.24) is 9.80 Å². The minimum atomic E-state index is -0.923. The lowest BCUT2D eigenvalue weighted by Gasteiger charge is -2.29. The Morgan fingerprint density at radius 2 is 2.16 bits per heavy atom. The number of ether oxygens (including phenoxy) is 2. The van der Waals surface area contributed by atoms with Gasteiger partial charge in [0.2, 0.25) is 6.41 Å². The number of hydrogen-bond acceptors (Lipinski definition) is 5. The lowest BCUT2D eigenvalue weighted by molar-refractivity contribution is -0.192. The molecule has 0 aromatic rings. The molecule has 19 heavy (non-hydrogen) atoms. The Hall–Kier alpha value is -0.850. The highest BCUT2D eigenvalue weighted by molar-refractivity contribution is 5.68. The van der Waals surface area contributed by atoms with E-state index in [-0.39, 0.29) is 12.1 Å². The number of hydrogen-bond donors (Lipinski definition) is 1. The summed E-state index contributed by atoms with van der Waals surface area (Å²) in [5, 5.41) is 9.76. The van der Waals surface area contributed by atoms with Crippen molar-refractivity contribution in [3.8, 4) is 0 Å². The molecule has 6 heteroatoms. The molecule has 0 aliphatic carbocycles. The number of likely N-dealkylation sites (tertiary alicyclic amines) is 1. The van der Waals surface area contributed by atoms with Gasteiger partial charge in [0.15, 0.2) is 0 Å². The number of carbonyl (C=O) groups excluding carboxylic acids is 1. The third-order valence-electron chi connectivity index (χ3n) is 3.06. The summed E-state index contributed by atoms with van der Waals surface area (Å²) < 4.78 is 10.5. The van der Waals surface area contributed by atoms with Gasteiger partial charge in [-0.1, -0.05) is 0 Å². The number of carbonyl (C=O) groups is 1. The summed E-state index contributed by atoms with van der Waals surface area (Å²) in [7, 11) is 1.80. The molecule has 1 N–H and O–H groups in total. The molecule has 0 aromatic heterocycles. The Morgan fingerprint density at radius 1 is 1.53 bits per heavy atom. The van der Waals surface area contributed by atoms with Crippen molar-refractivity contribution in [1.29, 1.82) is 0 Å². The number of aliphatic hydroxyl groups excluding tert-OH is 1. The van der Waals surface area contributed by atoms with Gasteiger partial charge in [0.05, 0.1) is 0 Å². The van der Waals surface area contributed by atoms with Crippen molar-refractivity contribution in [2.45, 2.75) is 52.2 Å². The highest BCUT2D eigenvalue weighted by Crippen LogP contribution is 2.19. The molecule has 0 spiro atoms. The van der Waals surface area contributed by atoms with E-state index in [9.17, 15) is 9.90 Å². The monoisotopic (exact) mass is 274 g/mol. The molecule has 1 aliphatic heterocycles. The maximum absolute atomic E-state index is 11.9. The van der Waals surface area contributed by atoms with Crippen molar-refractivity contribution in [3.63, 3.8) is 0 Å². The van der Waals surface area contributed by atoms with E-state index in [4.69, 9.17) is 9.47 Å². The molecular formula is C13H26N2O4. The predicted octanol–water partition coefficient (Wildman–Crippen LogP) is 1.24. The Labute approximate surface area is 115 Å². The zero-order valence-electron chi connectivity index (χ0n) is 12.5. The Kier molecular flexibility index (Phi) is 5.58. The number of rotatable bonds is 4. The molecular weight excluding hydrogens is 248 g/mol. The molecule has 112 valence electrons. The van der Waals surface area contributed by atoms with Crippen molar-refractivity contribution >= 4 is 6.09 Å². The summed E-state index contributed by atoms with van der Waals surface area (Å²) >= 11 is 0. The average Bonchev–Trinajstić information content (AvgIpc) is 2.75. The Balaban J connectivity index is 2.47. The molecule has 2 atom stereocenters. The zero-order chi connectivity index (χ0) is 14.6. The Morgan fingerprint density at radius 3 is 2.68 bits per heavy atom. The third-order valence-corrected chi connectivity index (χ3v) is 3.06. The fraction of sp³-hybridized carbons (Fsp3) is 0.923. The lowest BCUT2D eigenvalue weighted by atomic mass is 10.2. The molecule has 1 rings (SSSR count). The van der Waals surface area contributed by atoms with Gasteiger partial charge in [0, 0.05) is 25.7 Å². The number of nitrogens with zero attached hydrogens (tertiary/aromatic N) is 2. The van der Waals surface area contributed by atoms with Crippen LogP contribution in [0.15, 0.2) is 0 Å². The van der Waals surface area contributed by atoms with E-state index in [1.54, 1.807) is 16.8 Å². The molecule has 1 saturated heterocycles. The highest BCUT2D eigenvalue weighted by Gasteiger charge is 2.33. The summed E-state index contributed by atoms with van der Waals surface area (Å²) in [5.74, 6) is 0. The van der Waals surface area contributed by atoms with Crippen molar-refractivity contribution in [3.05, 3.63) is 0 Å². The van der Waals surface area contributed by atoms with Crippen LogP contribution in [0.5, 0.6) is 0 Å². The van der Waals surface area contributed by atoms with E-state index >= 15 is 0 Å². The number of aliphatic hydroxyl groups is 1. The van der Waals surface area contributed by atoms with Gasteiger partial charge in [0.1, 0.15) is 5.60 Å². The molecule has 1 aliphatic rings. The van der Waals surface area contributed by atoms with Crippen LogP contribution in [-0.2, 0) is 9.47 Å². The fourth-order valence-electron chi connectivity index (χ4n) is 2.01. The minimum Gasteiger partial charge on any atom is -0.444 e. The molecule has 0 bridgehead atoms. The second-order valence-electron chi connectivity index (χ2n) is 5.82. The zero-order valence-corrected chi connectivity index (χ0v) is 12.5. The lowest BCUT2D eigenvalue weighted by Crippen LogP contribution is -2.44. The smallest absolute Gasteiger partial charge is 0.410 e. The molecule has 6 nitrogen and oxygen atoms in total. The van der Waals surface area contributed by atoms with Gasteiger partial charge >= 0.3 is 6.09 Å². The van der Waals surface area contributed by atoms with Crippen molar-refractivity contribution in [2.75, 3.05) is 26.7 Å². The molecule has 1 fully saturated rings. The molecule has 0 saturated carbocycles. The molecule has 0 radical (unpaired) electrons. The standard InChI is InChI=1S/C13H26N2O4/c1-6-18-11(16)14(5)10-7-8-15(9-10)12(17)19-13(2,3)4/h10-11,16H,6-9H2,1-5H3/t10-,11?/m1/s1. The normalized spacial score (nSPS) is 21.8. The van der Waals surface area contributed by atoms with Crippen LogP contribution in [0.3, 0.4) is 0 Å². The van der Waals surface area contributed by atoms with Crippen LogP contribution in [0, 0.1) is 0 Å². The Bertz CT molecular complexity index is 304. The van der Waals surface area contributed by atoms with Gasteiger partial charge in [-0.3, -0.25) is 4.90 Å². The highest BCUT2D eigenvalue weighted by atomic mass is 16.6. The first kappa shape index (κ1) is 16.2. The van der Waals surface area contributed by atoms with E-state index in [1.807, 2.05) is 27.7 Å². The van der Waals surface area contributed by atoms with E-state index in [0.29, 0.717) is 19.7 Å².